The van der Waals surface area contributed by atoms with E-state index in [1.54, 1.807) is 0 Å². The molecule has 23 heavy (non-hydrogen) atoms. The Balaban J connectivity index is 1.40. The van der Waals surface area contributed by atoms with Crippen molar-refractivity contribution < 1.29 is 14.6 Å². The lowest BCUT2D eigenvalue weighted by Gasteiger charge is -2.40. The van der Waals surface area contributed by atoms with Gasteiger partial charge in [-0.05, 0) is 36.5 Å². The second kappa shape index (κ2) is 6.80. The Bertz CT molecular complexity index is 547. The predicted octanol–water partition coefficient (Wildman–Crippen LogP) is 2.03. The van der Waals surface area contributed by atoms with Crippen molar-refractivity contribution in [2.45, 2.75) is 44.2 Å². The number of hydrogen-bond acceptors (Lipinski definition) is 4. The lowest BCUT2D eigenvalue weighted by Crippen LogP contribution is -2.51. The molecule has 4 nitrogen and oxygen atoms in total. The fourth-order valence-electron chi connectivity index (χ4n) is 4.42. The van der Waals surface area contributed by atoms with Crippen LogP contribution in [0, 0.1) is 5.92 Å². The molecule has 126 valence electrons. The first-order valence-corrected chi connectivity index (χ1v) is 9.06. The van der Waals surface area contributed by atoms with Crippen molar-refractivity contribution in [3.8, 4) is 5.75 Å². The van der Waals surface area contributed by atoms with Gasteiger partial charge in [0.25, 0.3) is 0 Å². The van der Waals surface area contributed by atoms with Gasteiger partial charge in [-0.15, -0.1) is 0 Å². The van der Waals surface area contributed by atoms with Crippen molar-refractivity contribution >= 4 is 0 Å². The van der Waals surface area contributed by atoms with E-state index < -0.39 is 0 Å². The van der Waals surface area contributed by atoms with E-state index in [4.69, 9.17) is 9.47 Å². The Kier molecular flexibility index (Phi) is 4.56. The van der Waals surface area contributed by atoms with E-state index in [1.807, 2.05) is 0 Å². The Morgan fingerprint density at radius 2 is 2.17 bits per heavy atom. The Labute approximate surface area is 138 Å². The molecule has 1 saturated heterocycles. The Hall–Kier alpha value is -1.10. The molecule has 0 spiro atoms. The first-order chi connectivity index (χ1) is 11.3. The van der Waals surface area contributed by atoms with Gasteiger partial charge < -0.3 is 14.6 Å². The lowest BCUT2D eigenvalue weighted by atomic mass is 9.94. The minimum atomic E-state index is -0.138. The Morgan fingerprint density at radius 1 is 1.22 bits per heavy atom. The van der Waals surface area contributed by atoms with E-state index in [2.05, 4.69) is 23.1 Å². The number of aliphatic hydroxyl groups excluding tert-OH is 1. The summed E-state index contributed by atoms with van der Waals surface area (Å²) in [5.74, 6) is 1.45. The molecule has 2 fully saturated rings. The van der Waals surface area contributed by atoms with Gasteiger partial charge in [-0.2, -0.15) is 0 Å². The molecule has 1 N–H and O–H groups in total. The first-order valence-electron chi connectivity index (χ1n) is 9.06. The minimum Gasteiger partial charge on any atom is -0.493 e. The summed E-state index contributed by atoms with van der Waals surface area (Å²) in [6.45, 7) is 4.46. The highest BCUT2D eigenvalue weighted by molar-refractivity contribution is 5.39. The van der Waals surface area contributed by atoms with Gasteiger partial charge in [-0.25, -0.2) is 0 Å². The van der Waals surface area contributed by atoms with E-state index in [-0.39, 0.29) is 6.10 Å². The van der Waals surface area contributed by atoms with Gasteiger partial charge in [0.2, 0.25) is 0 Å². The summed E-state index contributed by atoms with van der Waals surface area (Å²) in [6.07, 6.45) is 5.22. The maximum Gasteiger partial charge on any atom is 0.122 e. The zero-order chi connectivity index (χ0) is 15.6. The van der Waals surface area contributed by atoms with Gasteiger partial charge in [-0.1, -0.05) is 18.6 Å². The molecule has 1 aliphatic carbocycles. The molecular formula is C19H27NO3. The molecule has 1 saturated carbocycles. The number of benzene rings is 1. The van der Waals surface area contributed by atoms with Crippen LogP contribution in [0.5, 0.6) is 5.75 Å². The summed E-state index contributed by atoms with van der Waals surface area (Å²) in [6, 6.07) is 7.01. The van der Waals surface area contributed by atoms with E-state index in [0.29, 0.717) is 12.0 Å². The zero-order valence-corrected chi connectivity index (χ0v) is 13.7. The van der Waals surface area contributed by atoms with Gasteiger partial charge in [0.1, 0.15) is 5.75 Å². The van der Waals surface area contributed by atoms with Crippen LogP contribution >= 0.6 is 0 Å². The summed E-state index contributed by atoms with van der Waals surface area (Å²) in [5, 5.41) is 10.3. The maximum atomic E-state index is 10.3. The topological polar surface area (TPSA) is 41.9 Å². The molecule has 4 heteroatoms. The third-order valence-corrected chi connectivity index (χ3v) is 5.75. The summed E-state index contributed by atoms with van der Waals surface area (Å²) in [7, 11) is 0. The van der Waals surface area contributed by atoms with Gasteiger partial charge >= 0.3 is 0 Å². The van der Waals surface area contributed by atoms with Crippen molar-refractivity contribution in [2.24, 2.45) is 5.92 Å². The van der Waals surface area contributed by atoms with Crippen molar-refractivity contribution in [3.05, 3.63) is 29.3 Å². The molecule has 3 atom stereocenters. The number of hydrogen-bond donors (Lipinski definition) is 1. The number of aliphatic hydroxyl groups is 1. The summed E-state index contributed by atoms with van der Waals surface area (Å²) in [4.78, 5) is 2.55. The lowest BCUT2D eigenvalue weighted by molar-refractivity contribution is -0.0494. The quantitative estimate of drug-likeness (QED) is 0.923. The Morgan fingerprint density at radius 3 is 3.04 bits per heavy atom. The monoisotopic (exact) mass is 317 g/mol. The van der Waals surface area contributed by atoms with Gasteiger partial charge in [-0.3, -0.25) is 4.90 Å². The second-order valence-electron chi connectivity index (χ2n) is 7.13. The SMILES string of the molecule is O[C@@H]1CCC[C@@H]1[C@H]1COCCN1CCc1ccc2c(c1)CCO2. The minimum absolute atomic E-state index is 0.138. The zero-order valence-electron chi connectivity index (χ0n) is 13.7. The highest BCUT2D eigenvalue weighted by Crippen LogP contribution is 2.32. The van der Waals surface area contributed by atoms with Crippen LogP contribution in [0.25, 0.3) is 0 Å². The smallest absolute Gasteiger partial charge is 0.122 e. The van der Waals surface area contributed by atoms with Crippen molar-refractivity contribution in [1.82, 2.24) is 4.90 Å². The summed E-state index contributed by atoms with van der Waals surface area (Å²) in [5.41, 5.74) is 2.75. The molecule has 0 unspecified atom stereocenters. The van der Waals surface area contributed by atoms with Crippen molar-refractivity contribution in [3.63, 3.8) is 0 Å². The van der Waals surface area contributed by atoms with Crippen molar-refractivity contribution in [1.29, 1.82) is 0 Å². The number of rotatable bonds is 4. The average molecular weight is 317 g/mol. The number of ether oxygens (including phenoxy) is 2. The second-order valence-corrected chi connectivity index (χ2v) is 7.13. The molecule has 4 rings (SSSR count). The largest absolute Gasteiger partial charge is 0.493 e. The van der Waals surface area contributed by atoms with Gasteiger partial charge in [0, 0.05) is 31.5 Å². The first kappa shape index (κ1) is 15.4. The highest BCUT2D eigenvalue weighted by Gasteiger charge is 2.37. The van der Waals surface area contributed by atoms with Crippen LogP contribution < -0.4 is 4.74 Å². The molecule has 2 heterocycles. The predicted molar refractivity (Wildman–Crippen MR) is 88.9 cm³/mol. The standard InChI is InChI=1S/C19H27NO3/c21-18-3-1-2-16(18)17-13-22-11-9-20(17)8-6-14-4-5-19-15(12-14)7-10-23-19/h4-5,12,16-18,21H,1-3,6-11,13H2/t16-,17-,18-/m1/s1. The average Bonchev–Trinajstić information content (AvgIpc) is 3.21. The van der Waals surface area contributed by atoms with Crippen LogP contribution in [-0.4, -0.2) is 55.1 Å². The van der Waals surface area contributed by atoms with Crippen LogP contribution in [0.4, 0.5) is 0 Å². The summed E-state index contributed by atoms with van der Waals surface area (Å²) >= 11 is 0. The van der Waals surface area contributed by atoms with E-state index in [9.17, 15) is 5.11 Å². The fraction of sp³-hybridized carbons (Fsp3) is 0.684. The fourth-order valence-corrected chi connectivity index (χ4v) is 4.42. The highest BCUT2D eigenvalue weighted by atomic mass is 16.5. The number of fused-ring (bicyclic) bond motifs is 1. The number of morpholine rings is 1. The van der Waals surface area contributed by atoms with Gasteiger partial charge in [0.15, 0.2) is 0 Å². The van der Waals surface area contributed by atoms with Crippen LogP contribution in [0.1, 0.15) is 30.4 Å². The maximum absolute atomic E-state index is 10.3. The third kappa shape index (κ3) is 3.25. The number of nitrogens with zero attached hydrogens (tertiary/aromatic N) is 1. The molecule has 3 aliphatic rings. The van der Waals surface area contributed by atoms with Crippen molar-refractivity contribution in [2.75, 3.05) is 32.9 Å². The van der Waals surface area contributed by atoms with Crippen LogP contribution in [0.2, 0.25) is 0 Å². The molecule has 2 aliphatic heterocycles. The molecule has 1 aromatic rings. The molecule has 1 aromatic carbocycles. The van der Waals surface area contributed by atoms with Crippen LogP contribution in [0.3, 0.4) is 0 Å². The molecule has 0 radical (unpaired) electrons. The van der Waals surface area contributed by atoms with E-state index in [0.717, 1.165) is 70.8 Å². The van der Waals surface area contributed by atoms with Crippen LogP contribution in [-0.2, 0) is 17.6 Å². The molecular weight excluding hydrogens is 290 g/mol. The molecule has 0 amide bonds. The molecule has 0 bridgehead atoms. The third-order valence-electron chi connectivity index (χ3n) is 5.75. The summed E-state index contributed by atoms with van der Waals surface area (Å²) < 4.78 is 11.3. The van der Waals surface area contributed by atoms with E-state index >= 15 is 0 Å². The molecule has 0 aromatic heterocycles. The van der Waals surface area contributed by atoms with E-state index in [1.165, 1.54) is 11.1 Å². The van der Waals surface area contributed by atoms with Crippen LogP contribution in [0.15, 0.2) is 18.2 Å². The normalized spacial score (nSPS) is 31.1. The van der Waals surface area contributed by atoms with Gasteiger partial charge in [0.05, 0.1) is 25.9 Å².